The fourth-order valence-corrected chi connectivity index (χ4v) is 5.49. The van der Waals surface area contributed by atoms with Crippen molar-refractivity contribution in [3.05, 3.63) is 74.9 Å². The molecule has 0 aliphatic heterocycles. The minimum Gasteiger partial charge on any atom is -0.302 e. The molecule has 3 nitrogen and oxygen atoms in total. The number of thiophene rings is 1. The van der Waals surface area contributed by atoms with Crippen molar-refractivity contribution in [2.24, 2.45) is 0 Å². The van der Waals surface area contributed by atoms with Crippen LogP contribution in [0, 0.1) is 13.8 Å². The predicted molar refractivity (Wildman–Crippen MR) is 125 cm³/mol. The van der Waals surface area contributed by atoms with Crippen LogP contribution in [0.3, 0.4) is 0 Å². The molecule has 0 saturated carbocycles. The number of hydrogen-bond acceptors (Lipinski definition) is 4. The molecule has 0 N–H and O–H groups in total. The summed E-state index contributed by atoms with van der Waals surface area (Å²) in [5.41, 5.74) is 5.99. The molecule has 4 rings (SSSR count). The van der Waals surface area contributed by atoms with E-state index >= 15 is 0 Å². The summed E-state index contributed by atoms with van der Waals surface area (Å²) in [6, 6.07) is 16.6. The topological polar surface area (TPSA) is 30.7 Å². The van der Waals surface area contributed by atoms with Gasteiger partial charge in [0.05, 0.1) is 0 Å². The van der Waals surface area contributed by atoms with E-state index in [-0.39, 0.29) is 0 Å². The number of aromatic nitrogens is 3. The van der Waals surface area contributed by atoms with Gasteiger partial charge in [-0.15, -0.1) is 21.5 Å². The van der Waals surface area contributed by atoms with Gasteiger partial charge in [0.1, 0.15) is 0 Å². The van der Waals surface area contributed by atoms with Gasteiger partial charge < -0.3 is 4.57 Å². The summed E-state index contributed by atoms with van der Waals surface area (Å²) in [6.45, 7) is 7.23. The van der Waals surface area contributed by atoms with Crippen LogP contribution in [0.5, 0.6) is 0 Å². The van der Waals surface area contributed by atoms with Gasteiger partial charge in [-0.25, -0.2) is 0 Å². The maximum absolute atomic E-state index is 6.31. The van der Waals surface area contributed by atoms with Gasteiger partial charge in [-0.1, -0.05) is 71.4 Å². The van der Waals surface area contributed by atoms with Crippen molar-refractivity contribution in [2.45, 2.75) is 38.2 Å². The number of rotatable bonds is 6. The lowest BCUT2D eigenvalue weighted by atomic mass is 10.0. The van der Waals surface area contributed by atoms with Crippen molar-refractivity contribution >= 4 is 34.7 Å². The standard InChI is InChI=1S/C23H22ClN3S2/c1-4-27-22(25-26-23(27)29-13-18-7-5-6-8-20(18)24)19-14-28-16(3)21(19)17-11-9-15(2)10-12-17/h5-12,14H,4,13H2,1-3H3. The van der Waals surface area contributed by atoms with Crippen LogP contribution in [0.2, 0.25) is 5.02 Å². The van der Waals surface area contributed by atoms with E-state index in [4.69, 9.17) is 11.6 Å². The largest absolute Gasteiger partial charge is 0.302 e. The smallest absolute Gasteiger partial charge is 0.191 e. The Bertz CT molecular complexity index is 1130. The molecule has 29 heavy (non-hydrogen) atoms. The van der Waals surface area contributed by atoms with Gasteiger partial charge in [0, 0.05) is 38.7 Å². The van der Waals surface area contributed by atoms with Crippen LogP contribution in [-0.2, 0) is 12.3 Å². The summed E-state index contributed by atoms with van der Waals surface area (Å²) >= 11 is 9.75. The second-order valence-electron chi connectivity index (χ2n) is 6.88. The second kappa shape index (κ2) is 8.74. The monoisotopic (exact) mass is 439 g/mol. The van der Waals surface area contributed by atoms with Gasteiger partial charge in [-0.05, 0) is 38.0 Å². The molecule has 2 aromatic carbocycles. The Morgan fingerprint density at radius 3 is 2.52 bits per heavy atom. The molecule has 2 heterocycles. The van der Waals surface area contributed by atoms with Gasteiger partial charge in [0.15, 0.2) is 11.0 Å². The minimum absolute atomic E-state index is 0.769. The second-order valence-corrected chi connectivity index (χ2v) is 9.31. The van der Waals surface area contributed by atoms with Crippen molar-refractivity contribution in [1.82, 2.24) is 14.8 Å². The lowest BCUT2D eigenvalue weighted by molar-refractivity contribution is 0.687. The van der Waals surface area contributed by atoms with Gasteiger partial charge in [-0.2, -0.15) is 0 Å². The van der Waals surface area contributed by atoms with E-state index in [1.807, 2.05) is 18.2 Å². The molecule has 0 fully saturated rings. The Morgan fingerprint density at radius 1 is 1.03 bits per heavy atom. The molecule has 0 spiro atoms. The van der Waals surface area contributed by atoms with E-state index in [0.29, 0.717) is 0 Å². The maximum Gasteiger partial charge on any atom is 0.191 e. The molecule has 0 bridgehead atoms. The van der Waals surface area contributed by atoms with Crippen LogP contribution >= 0.6 is 34.7 Å². The summed E-state index contributed by atoms with van der Waals surface area (Å²) in [4.78, 5) is 1.29. The first-order valence-corrected chi connectivity index (χ1v) is 11.8. The Kier molecular flexibility index (Phi) is 6.09. The summed E-state index contributed by atoms with van der Waals surface area (Å²) in [5.74, 6) is 1.69. The van der Waals surface area contributed by atoms with E-state index in [9.17, 15) is 0 Å². The molecule has 6 heteroatoms. The zero-order valence-corrected chi connectivity index (χ0v) is 19.0. The van der Waals surface area contributed by atoms with Crippen molar-refractivity contribution in [3.63, 3.8) is 0 Å². The summed E-state index contributed by atoms with van der Waals surface area (Å²) in [5, 5.41) is 13.0. The SMILES string of the molecule is CCn1c(SCc2ccccc2Cl)nnc1-c1csc(C)c1-c1ccc(C)cc1. The molecule has 0 radical (unpaired) electrons. The lowest BCUT2D eigenvalue weighted by Gasteiger charge is -2.10. The summed E-state index contributed by atoms with van der Waals surface area (Å²) in [7, 11) is 0. The molecule has 0 aliphatic rings. The molecular weight excluding hydrogens is 418 g/mol. The van der Waals surface area contributed by atoms with Crippen LogP contribution in [0.25, 0.3) is 22.5 Å². The molecule has 0 aliphatic carbocycles. The number of nitrogens with zero attached hydrogens (tertiary/aromatic N) is 3. The van der Waals surface area contributed by atoms with E-state index in [1.165, 1.54) is 21.6 Å². The highest BCUT2D eigenvalue weighted by atomic mass is 35.5. The summed E-state index contributed by atoms with van der Waals surface area (Å²) in [6.07, 6.45) is 0. The maximum atomic E-state index is 6.31. The number of aryl methyl sites for hydroxylation is 2. The average molecular weight is 440 g/mol. The third-order valence-electron chi connectivity index (χ3n) is 4.90. The molecule has 0 saturated heterocycles. The Morgan fingerprint density at radius 2 is 1.79 bits per heavy atom. The molecular formula is C23H22ClN3S2. The van der Waals surface area contributed by atoms with Gasteiger partial charge >= 0.3 is 0 Å². The zero-order valence-electron chi connectivity index (χ0n) is 16.6. The number of benzene rings is 2. The minimum atomic E-state index is 0.769. The zero-order chi connectivity index (χ0) is 20.4. The Balaban J connectivity index is 1.69. The summed E-state index contributed by atoms with van der Waals surface area (Å²) < 4.78 is 2.20. The van der Waals surface area contributed by atoms with E-state index < -0.39 is 0 Å². The lowest BCUT2D eigenvalue weighted by Crippen LogP contribution is -2.00. The first-order chi connectivity index (χ1) is 14.1. The quantitative estimate of drug-likeness (QED) is 0.296. The number of thioether (sulfide) groups is 1. The third-order valence-corrected chi connectivity index (χ3v) is 7.20. The fourth-order valence-electron chi connectivity index (χ4n) is 3.34. The van der Waals surface area contributed by atoms with Crippen LogP contribution in [0.4, 0.5) is 0 Å². The van der Waals surface area contributed by atoms with E-state index in [1.54, 1.807) is 23.1 Å². The fraction of sp³-hybridized carbons (Fsp3) is 0.217. The van der Waals surface area contributed by atoms with Crippen molar-refractivity contribution in [1.29, 1.82) is 0 Å². The molecule has 148 valence electrons. The molecule has 0 atom stereocenters. The van der Waals surface area contributed by atoms with Crippen LogP contribution in [-0.4, -0.2) is 14.8 Å². The number of hydrogen-bond donors (Lipinski definition) is 0. The van der Waals surface area contributed by atoms with E-state index in [2.05, 4.69) is 71.2 Å². The first kappa shape index (κ1) is 20.2. The molecule has 4 aromatic rings. The van der Waals surface area contributed by atoms with Gasteiger partial charge in [-0.3, -0.25) is 0 Å². The van der Waals surface area contributed by atoms with E-state index in [0.717, 1.165) is 39.4 Å². The molecule has 2 aromatic heterocycles. The third kappa shape index (κ3) is 4.13. The van der Waals surface area contributed by atoms with Crippen molar-refractivity contribution in [2.75, 3.05) is 0 Å². The Labute approximate surface area is 184 Å². The Hall–Kier alpha value is -2.08. The van der Waals surface area contributed by atoms with Gasteiger partial charge in [0.25, 0.3) is 0 Å². The van der Waals surface area contributed by atoms with Crippen molar-refractivity contribution in [3.8, 4) is 22.5 Å². The highest BCUT2D eigenvalue weighted by Gasteiger charge is 2.20. The normalized spacial score (nSPS) is 11.2. The predicted octanol–water partition coefficient (Wildman–Crippen LogP) is 7.26. The molecule has 0 amide bonds. The highest BCUT2D eigenvalue weighted by molar-refractivity contribution is 7.98. The van der Waals surface area contributed by atoms with Crippen molar-refractivity contribution < 1.29 is 0 Å². The van der Waals surface area contributed by atoms with Gasteiger partial charge in [0.2, 0.25) is 0 Å². The van der Waals surface area contributed by atoms with Crippen LogP contribution in [0.1, 0.15) is 22.9 Å². The highest BCUT2D eigenvalue weighted by Crippen LogP contribution is 2.39. The van der Waals surface area contributed by atoms with Crippen LogP contribution in [0.15, 0.2) is 59.1 Å². The average Bonchev–Trinajstić information content (AvgIpc) is 3.31. The molecule has 0 unspecified atom stereocenters. The first-order valence-electron chi connectivity index (χ1n) is 9.53. The number of halogens is 1. The van der Waals surface area contributed by atoms with Crippen LogP contribution < -0.4 is 0 Å².